The fourth-order valence-corrected chi connectivity index (χ4v) is 2.45. The van der Waals surface area contributed by atoms with Gasteiger partial charge in [-0.3, -0.25) is 4.79 Å². The van der Waals surface area contributed by atoms with E-state index in [0.29, 0.717) is 0 Å². The van der Waals surface area contributed by atoms with Gasteiger partial charge in [-0.2, -0.15) is 0 Å². The minimum absolute atomic E-state index is 0.0466. The molecule has 0 spiro atoms. The molecule has 1 saturated heterocycles. The number of likely N-dealkylation sites (tertiary alicyclic amines) is 1. The van der Waals surface area contributed by atoms with Crippen molar-refractivity contribution in [2.45, 2.75) is 26.2 Å². The number of carbonyl (C=O) groups is 1. The Labute approximate surface area is 121 Å². The molecule has 1 aliphatic heterocycles. The van der Waals surface area contributed by atoms with Gasteiger partial charge >= 0.3 is 0 Å². The monoisotopic (exact) mass is 276 g/mol. The largest absolute Gasteiger partial charge is 0.484 e. The molecular weight excluding hydrogens is 252 g/mol. The molecule has 1 fully saturated rings. The van der Waals surface area contributed by atoms with Gasteiger partial charge in [0.15, 0.2) is 6.61 Å². The number of nitrogens with zero attached hydrogens (tertiary/aromatic N) is 1. The van der Waals surface area contributed by atoms with Crippen molar-refractivity contribution < 1.29 is 9.53 Å². The van der Waals surface area contributed by atoms with Crippen LogP contribution in [0.1, 0.15) is 24.8 Å². The van der Waals surface area contributed by atoms with Crippen LogP contribution in [0.25, 0.3) is 0 Å². The number of aryl methyl sites for hydroxylation is 1. The summed E-state index contributed by atoms with van der Waals surface area (Å²) in [5.74, 6) is 0.731. The van der Waals surface area contributed by atoms with Gasteiger partial charge in [0.25, 0.3) is 5.91 Å². The van der Waals surface area contributed by atoms with Crippen molar-refractivity contribution in [2.75, 3.05) is 32.8 Å². The highest BCUT2D eigenvalue weighted by Gasteiger charge is 2.10. The van der Waals surface area contributed by atoms with Crippen molar-refractivity contribution in [2.24, 2.45) is 0 Å². The fraction of sp³-hybridized carbons (Fsp3) is 0.562. The average Bonchev–Trinajstić information content (AvgIpc) is 2.96. The van der Waals surface area contributed by atoms with Gasteiger partial charge < -0.3 is 15.0 Å². The van der Waals surface area contributed by atoms with Crippen LogP contribution < -0.4 is 10.1 Å². The first-order chi connectivity index (χ1) is 9.75. The highest BCUT2D eigenvalue weighted by molar-refractivity contribution is 5.77. The fourth-order valence-electron chi connectivity index (χ4n) is 2.45. The number of carbonyl (C=O) groups excluding carboxylic acids is 1. The summed E-state index contributed by atoms with van der Waals surface area (Å²) in [5, 5.41) is 2.91. The van der Waals surface area contributed by atoms with Gasteiger partial charge in [0.05, 0.1) is 0 Å². The molecule has 4 nitrogen and oxygen atoms in total. The molecule has 0 aliphatic carbocycles. The lowest BCUT2D eigenvalue weighted by Crippen LogP contribution is -2.32. The quantitative estimate of drug-likeness (QED) is 0.774. The van der Waals surface area contributed by atoms with Crippen molar-refractivity contribution in [3.05, 3.63) is 29.8 Å². The van der Waals surface area contributed by atoms with Crippen LogP contribution in [0.3, 0.4) is 0 Å². The zero-order valence-corrected chi connectivity index (χ0v) is 12.2. The topological polar surface area (TPSA) is 41.6 Å². The molecule has 0 aromatic heterocycles. The van der Waals surface area contributed by atoms with E-state index in [1.54, 1.807) is 0 Å². The summed E-state index contributed by atoms with van der Waals surface area (Å²) >= 11 is 0. The van der Waals surface area contributed by atoms with Gasteiger partial charge in [-0.15, -0.1) is 0 Å². The predicted molar refractivity (Wildman–Crippen MR) is 80.0 cm³/mol. The Hall–Kier alpha value is -1.55. The second-order valence-electron chi connectivity index (χ2n) is 5.31. The second kappa shape index (κ2) is 7.90. The molecule has 20 heavy (non-hydrogen) atoms. The number of rotatable bonds is 7. The molecule has 1 aliphatic rings. The van der Waals surface area contributed by atoms with Gasteiger partial charge in [-0.25, -0.2) is 0 Å². The molecule has 0 unspecified atom stereocenters. The zero-order valence-electron chi connectivity index (χ0n) is 12.2. The predicted octanol–water partition coefficient (Wildman–Crippen LogP) is 1.98. The Morgan fingerprint density at radius 2 is 2.05 bits per heavy atom. The molecule has 1 aromatic carbocycles. The summed E-state index contributed by atoms with van der Waals surface area (Å²) in [7, 11) is 0. The first-order valence-electron chi connectivity index (χ1n) is 7.43. The van der Waals surface area contributed by atoms with Crippen LogP contribution in [-0.2, 0) is 4.79 Å². The van der Waals surface area contributed by atoms with Gasteiger partial charge in [-0.05, 0) is 57.5 Å². The number of benzene rings is 1. The van der Waals surface area contributed by atoms with E-state index in [0.717, 1.165) is 30.8 Å². The summed E-state index contributed by atoms with van der Waals surface area (Å²) < 4.78 is 5.51. The van der Waals surface area contributed by atoms with E-state index in [1.807, 2.05) is 31.2 Å². The molecular formula is C16H24N2O2. The van der Waals surface area contributed by atoms with Crippen molar-refractivity contribution in [1.29, 1.82) is 0 Å². The van der Waals surface area contributed by atoms with Gasteiger partial charge in [-0.1, -0.05) is 18.2 Å². The van der Waals surface area contributed by atoms with E-state index in [-0.39, 0.29) is 12.5 Å². The SMILES string of the molecule is Cc1ccccc1OCC(=O)NCCCN1CCCC1. The van der Waals surface area contributed by atoms with Crippen molar-refractivity contribution >= 4 is 5.91 Å². The third kappa shape index (κ3) is 4.85. The number of hydrogen-bond acceptors (Lipinski definition) is 3. The molecule has 1 heterocycles. The molecule has 0 radical (unpaired) electrons. The molecule has 0 bridgehead atoms. The maximum Gasteiger partial charge on any atom is 0.257 e. The zero-order chi connectivity index (χ0) is 14.2. The van der Waals surface area contributed by atoms with Crippen LogP contribution in [0.2, 0.25) is 0 Å². The molecule has 1 aromatic rings. The van der Waals surface area contributed by atoms with E-state index < -0.39 is 0 Å². The van der Waals surface area contributed by atoms with E-state index in [2.05, 4.69) is 10.2 Å². The highest BCUT2D eigenvalue weighted by Crippen LogP contribution is 2.15. The van der Waals surface area contributed by atoms with E-state index in [4.69, 9.17) is 4.74 Å². The van der Waals surface area contributed by atoms with Crippen LogP contribution in [0.4, 0.5) is 0 Å². The van der Waals surface area contributed by atoms with E-state index in [9.17, 15) is 4.79 Å². The number of hydrogen-bond donors (Lipinski definition) is 1. The standard InChI is InChI=1S/C16H24N2O2/c1-14-7-2-3-8-15(14)20-13-16(19)17-9-6-12-18-10-4-5-11-18/h2-3,7-8H,4-6,9-13H2,1H3,(H,17,19). The molecule has 1 amide bonds. The van der Waals surface area contributed by atoms with Crippen LogP contribution in [0.5, 0.6) is 5.75 Å². The summed E-state index contributed by atoms with van der Waals surface area (Å²) in [6.45, 7) is 6.30. The Morgan fingerprint density at radius 3 is 2.80 bits per heavy atom. The lowest BCUT2D eigenvalue weighted by Gasteiger charge is -2.14. The summed E-state index contributed by atoms with van der Waals surface area (Å²) in [6.07, 6.45) is 3.64. The first-order valence-corrected chi connectivity index (χ1v) is 7.43. The number of ether oxygens (including phenoxy) is 1. The third-order valence-electron chi connectivity index (χ3n) is 3.62. The maximum absolute atomic E-state index is 11.7. The molecule has 110 valence electrons. The van der Waals surface area contributed by atoms with Crippen LogP contribution in [0, 0.1) is 6.92 Å². The lowest BCUT2D eigenvalue weighted by atomic mass is 10.2. The Morgan fingerprint density at radius 1 is 1.30 bits per heavy atom. The molecule has 1 N–H and O–H groups in total. The minimum Gasteiger partial charge on any atom is -0.484 e. The highest BCUT2D eigenvalue weighted by atomic mass is 16.5. The normalized spacial score (nSPS) is 15.2. The first kappa shape index (κ1) is 14.9. The van der Waals surface area contributed by atoms with Gasteiger partial charge in [0, 0.05) is 6.54 Å². The Kier molecular flexibility index (Phi) is 5.87. The molecule has 4 heteroatoms. The second-order valence-corrected chi connectivity index (χ2v) is 5.31. The van der Waals surface area contributed by atoms with Crippen LogP contribution >= 0.6 is 0 Å². The summed E-state index contributed by atoms with van der Waals surface area (Å²) in [5.41, 5.74) is 1.05. The Bertz CT molecular complexity index is 428. The minimum atomic E-state index is -0.0466. The average molecular weight is 276 g/mol. The number of nitrogens with one attached hydrogen (secondary N) is 1. The van der Waals surface area contributed by atoms with Crippen LogP contribution in [0.15, 0.2) is 24.3 Å². The molecule has 0 atom stereocenters. The van der Waals surface area contributed by atoms with Crippen molar-refractivity contribution in [3.63, 3.8) is 0 Å². The van der Waals surface area contributed by atoms with Gasteiger partial charge in [0.1, 0.15) is 5.75 Å². The van der Waals surface area contributed by atoms with Crippen molar-refractivity contribution in [1.82, 2.24) is 10.2 Å². The van der Waals surface area contributed by atoms with Gasteiger partial charge in [0.2, 0.25) is 0 Å². The number of amides is 1. The molecule has 0 saturated carbocycles. The summed E-state index contributed by atoms with van der Waals surface area (Å²) in [4.78, 5) is 14.1. The van der Waals surface area contributed by atoms with E-state index in [1.165, 1.54) is 25.9 Å². The number of para-hydroxylation sites is 1. The summed E-state index contributed by atoms with van der Waals surface area (Å²) in [6, 6.07) is 7.73. The lowest BCUT2D eigenvalue weighted by molar-refractivity contribution is -0.123. The smallest absolute Gasteiger partial charge is 0.257 e. The van der Waals surface area contributed by atoms with E-state index >= 15 is 0 Å². The Balaban J connectivity index is 1.57. The maximum atomic E-state index is 11.7. The van der Waals surface area contributed by atoms with Crippen molar-refractivity contribution in [3.8, 4) is 5.75 Å². The third-order valence-corrected chi connectivity index (χ3v) is 3.62. The molecule has 2 rings (SSSR count). The van der Waals surface area contributed by atoms with Crippen LogP contribution in [-0.4, -0.2) is 43.6 Å².